The van der Waals surface area contributed by atoms with Gasteiger partial charge in [-0.05, 0) is 61.6 Å². The molecule has 0 N–H and O–H groups in total. The number of hydrogen-bond donors (Lipinski definition) is 0. The molecule has 5 aromatic rings. The molecular formula is C27H25N5. The number of benzene rings is 2. The van der Waals surface area contributed by atoms with Gasteiger partial charge < -0.3 is 4.90 Å². The zero-order valence-electron chi connectivity index (χ0n) is 18.2. The van der Waals surface area contributed by atoms with E-state index in [1.165, 1.54) is 24.9 Å². The molecule has 1 saturated heterocycles. The number of pyridine rings is 1. The van der Waals surface area contributed by atoms with Gasteiger partial charge in [-0.25, -0.2) is 9.50 Å². The van der Waals surface area contributed by atoms with E-state index in [-0.39, 0.29) is 0 Å². The van der Waals surface area contributed by atoms with Gasteiger partial charge in [-0.3, -0.25) is 4.98 Å². The number of para-hydroxylation sites is 1. The summed E-state index contributed by atoms with van der Waals surface area (Å²) in [5.41, 5.74) is 8.51. The Hall–Kier alpha value is -3.73. The third-order valence-corrected chi connectivity index (χ3v) is 6.41. The highest BCUT2D eigenvalue weighted by Crippen LogP contribution is 2.32. The Morgan fingerprint density at radius 1 is 0.812 bits per heavy atom. The Morgan fingerprint density at radius 3 is 2.47 bits per heavy atom. The van der Waals surface area contributed by atoms with E-state index in [9.17, 15) is 0 Å². The second kappa shape index (κ2) is 7.75. The zero-order chi connectivity index (χ0) is 21.5. The van der Waals surface area contributed by atoms with Crippen LogP contribution in [0.25, 0.3) is 38.8 Å². The maximum Gasteiger partial charge on any atom is 0.162 e. The van der Waals surface area contributed by atoms with Crippen LogP contribution in [0.3, 0.4) is 0 Å². The minimum absolute atomic E-state index is 0.856. The van der Waals surface area contributed by atoms with Gasteiger partial charge in [-0.1, -0.05) is 30.3 Å². The number of hydrogen-bond acceptors (Lipinski definition) is 4. The van der Waals surface area contributed by atoms with Crippen LogP contribution in [0.4, 0.5) is 5.69 Å². The van der Waals surface area contributed by atoms with Crippen LogP contribution < -0.4 is 4.90 Å². The van der Waals surface area contributed by atoms with E-state index >= 15 is 0 Å². The van der Waals surface area contributed by atoms with Crippen molar-refractivity contribution < 1.29 is 0 Å². The maximum absolute atomic E-state index is 4.81. The van der Waals surface area contributed by atoms with Crippen LogP contribution >= 0.6 is 0 Å². The second-order valence-corrected chi connectivity index (χ2v) is 8.59. The minimum atomic E-state index is 0.856. The fourth-order valence-corrected chi connectivity index (χ4v) is 4.76. The van der Waals surface area contributed by atoms with Crippen molar-refractivity contribution in [3.05, 3.63) is 78.9 Å². The molecule has 0 atom stereocenters. The van der Waals surface area contributed by atoms with Gasteiger partial charge >= 0.3 is 0 Å². The van der Waals surface area contributed by atoms with Gasteiger partial charge in [-0.15, -0.1) is 0 Å². The summed E-state index contributed by atoms with van der Waals surface area (Å²) >= 11 is 0. The number of piperidine rings is 1. The molecule has 5 nitrogen and oxygen atoms in total. The fourth-order valence-electron chi connectivity index (χ4n) is 4.76. The van der Waals surface area contributed by atoms with Crippen molar-refractivity contribution in [3.63, 3.8) is 0 Å². The average Bonchev–Trinajstić information content (AvgIpc) is 3.27. The summed E-state index contributed by atoms with van der Waals surface area (Å²) in [7, 11) is 0. The summed E-state index contributed by atoms with van der Waals surface area (Å²) in [6.07, 6.45) is 9.85. The van der Waals surface area contributed by atoms with Crippen LogP contribution in [0, 0.1) is 6.92 Å². The Balaban J connectivity index is 1.37. The molecule has 3 aromatic heterocycles. The highest BCUT2D eigenvalue weighted by molar-refractivity contribution is 5.98. The van der Waals surface area contributed by atoms with Crippen LogP contribution in [-0.4, -0.2) is 32.7 Å². The van der Waals surface area contributed by atoms with E-state index in [1.54, 1.807) is 0 Å². The first-order chi connectivity index (χ1) is 15.8. The molecule has 1 aliphatic rings. The van der Waals surface area contributed by atoms with Crippen molar-refractivity contribution in [1.29, 1.82) is 0 Å². The van der Waals surface area contributed by atoms with Gasteiger partial charge in [-0.2, -0.15) is 5.10 Å². The summed E-state index contributed by atoms with van der Waals surface area (Å²) < 4.78 is 1.88. The number of aryl methyl sites for hydroxylation is 1. The molecule has 0 amide bonds. The predicted molar refractivity (Wildman–Crippen MR) is 130 cm³/mol. The molecule has 5 heteroatoms. The molecule has 4 heterocycles. The first-order valence-corrected chi connectivity index (χ1v) is 11.3. The maximum atomic E-state index is 4.81. The van der Waals surface area contributed by atoms with Crippen LogP contribution in [0.2, 0.25) is 0 Å². The molecule has 1 fully saturated rings. The molecule has 0 unspecified atom stereocenters. The lowest BCUT2D eigenvalue weighted by Crippen LogP contribution is -2.29. The Kier molecular flexibility index (Phi) is 4.60. The van der Waals surface area contributed by atoms with Crippen molar-refractivity contribution in [2.75, 3.05) is 18.0 Å². The number of aromatic nitrogens is 4. The van der Waals surface area contributed by atoms with Gasteiger partial charge in [0.05, 0.1) is 11.7 Å². The smallest absolute Gasteiger partial charge is 0.162 e. The first-order valence-electron chi connectivity index (χ1n) is 11.3. The summed E-state index contributed by atoms with van der Waals surface area (Å²) in [6, 6.07) is 19.2. The van der Waals surface area contributed by atoms with E-state index in [2.05, 4.69) is 63.6 Å². The molecule has 32 heavy (non-hydrogen) atoms. The number of nitrogens with zero attached hydrogens (tertiary/aromatic N) is 5. The molecule has 6 rings (SSSR count). The summed E-state index contributed by atoms with van der Waals surface area (Å²) in [6.45, 7) is 4.35. The van der Waals surface area contributed by atoms with Gasteiger partial charge in [0.1, 0.15) is 0 Å². The Bertz CT molecular complexity index is 1410. The summed E-state index contributed by atoms with van der Waals surface area (Å²) in [5.74, 6) is 0. The normalized spacial score (nSPS) is 14.3. The van der Waals surface area contributed by atoms with Crippen LogP contribution in [-0.2, 0) is 0 Å². The van der Waals surface area contributed by atoms with E-state index in [4.69, 9.17) is 4.98 Å². The topological polar surface area (TPSA) is 46.3 Å². The molecule has 0 spiro atoms. The highest BCUT2D eigenvalue weighted by Gasteiger charge is 2.14. The number of anilines is 1. The lowest BCUT2D eigenvalue weighted by Gasteiger charge is -2.28. The number of fused-ring (bicyclic) bond motifs is 2. The predicted octanol–water partition coefficient (Wildman–Crippen LogP) is 5.91. The minimum Gasteiger partial charge on any atom is -0.372 e. The highest BCUT2D eigenvalue weighted by atomic mass is 15.2. The molecular weight excluding hydrogens is 394 g/mol. The molecule has 0 aliphatic carbocycles. The molecule has 1 aliphatic heterocycles. The quantitative estimate of drug-likeness (QED) is 0.365. The van der Waals surface area contributed by atoms with Gasteiger partial charge in [0.25, 0.3) is 0 Å². The lowest BCUT2D eigenvalue weighted by atomic mass is 10.0. The van der Waals surface area contributed by atoms with E-state index in [0.717, 1.165) is 57.6 Å². The van der Waals surface area contributed by atoms with Crippen LogP contribution in [0.5, 0.6) is 0 Å². The zero-order valence-corrected chi connectivity index (χ0v) is 18.2. The van der Waals surface area contributed by atoms with Crippen molar-refractivity contribution in [3.8, 4) is 22.3 Å². The van der Waals surface area contributed by atoms with Crippen molar-refractivity contribution in [1.82, 2.24) is 19.6 Å². The molecule has 0 bridgehead atoms. The SMILES string of the molecule is Cc1cc(-c2cnn3cc(-c4ccc(N5CCCCC5)cc4)cnc23)c2ccccc2n1. The number of rotatable bonds is 3. The monoisotopic (exact) mass is 419 g/mol. The Labute approximate surface area is 187 Å². The lowest BCUT2D eigenvalue weighted by molar-refractivity contribution is 0.578. The van der Waals surface area contributed by atoms with Gasteiger partial charge in [0, 0.05) is 53.4 Å². The largest absolute Gasteiger partial charge is 0.372 e. The average molecular weight is 420 g/mol. The van der Waals surface area contributed by atoms with Gasteiger partial charge in [0.15, 0.2) is 5.65 Å². The summed E-state index contributed by atoms with van der Waals surface area (Å²) in [4.78, 5) is 12.0. The molecule has 0 radical (unpaired) electrons. The summed E-state index contributed by atoms with van der Waals surface area (Å²) in [5, 5.41) is 5.75. The van der Waals surface area contributed by atoms with E-state index < -0.39 is 0 Å². The Morgan fingerprint density at radius 2 is 1.62 bits per heavy atom. The van der Waals surface area contributed by atoms with Crippen molar-refractivity contribution >= 4 is 22.2 Å². The van der Waals surface area contributed by atoms with Gasteiger partial charge in [0.2, 0.25) is 0 Å². The van der Waals surface area contributed by atoms with Crippen molar-refractivity contribution in [2.24, 2.45) is 0 Å². The van der Waals surface area contributed by atoms with E-state index in [1.807, 2.05) is 36.0 Å². The first kappa shape index (κ1) is 19.0. The standard InChI is InChI=1S/C27H25N5/c1-19-15-24(23-7-3-4-8-26(23)30-19)25-17-29-32-18-21(16-28-27(25)32)20-9-11-22(12-10-20)31-13-5-2-6-14-31/h3-4,7-12,15-18H,2,5-6,13-14H2,1H3. The van der Waals surface area contributed by atoms with Crippen LogP contribution in [0.1, 0.15) is 25.0 Å². The van der Waals surface area contributed by atoms with Crippen molar-refractivity contribution in [2.45, 2.75) is 26.2 Å². The van der Waals surface area contributed by atoms with Crippen LogP contribution in [0.15, 0.2) is 73.2 Å². The third-order valence-electron chi connectivity index (χ3n) is 6.41. The van der Waals surface area contributed by atoms with E-state index in [0.29, 0.717) is 0 Å². The molecule has 0 saturated carbocycles. The second-order valence-electron chi connectivity index (χ2n) is 8.59. The fraction of sp³-hybridized carbons (Fsp3) is 0.222. The molecule has 2 aromatic carbocycles. The molecule has 158 valence electrons. The third kappa shape index (κ3) is 3.30.